The first-order chi connectivity index (χ1) is 5.29. The molecule has 0 spiro atoms. The molecule has 2 saturated heterocycles. The number of fused-ring (bicyclic) bond motifs is 1. The summed E-state index contributed by atoms with van der Waals surface area (Å²) in [6.45, 7) is 1.79. The van der Waals surface area contributed by atoms with Crippen molar-refractivity contribution in [2.45, 2.75) is 18.5 Å². The average molecular weight is 155 g/mol. The van der Waals surface area contributed by atoms with Crippen LogP contribution in [-0.2, 0) is 4.79 Å². The second-order valence-corrected chi connectivity index (χ2v) is 3.30. The number of nitrogens with one attached hydrogen (secondary N) is 2. The summed E-state index contributed by atoms with van der Waals surface area (Å²) < 4.78 is 0. The van der Waals surface area contributed by atoms with Gasteiger partial charge in [-0.3, -0.25) is 4.79 Å². The van der Waals surface area contributed by atoms with Crippen LogP contribution in [0.2, 0.25) is 0 Å². The molecule has 4 N–H and O–H groups in total. The third kappa shape index (κ3) is 1.02. The van der Waals surface area contributed by atoms with Gasteiger partial charge in [-0.2, -0.15) is 0 Å². The standard InChI is InChI=1S/C7H13N3O/c8-5-6-4(1-2-9-6)3-10-7(5)11/h4-6,9H,1-3,8H2,(H,10,11). The molecule has 4 nitrogen and oxygen atoms in total. The van der Waals surface area contributed by atoms with Crippen molar-refractivity contribution in [1.82, 2.24) is 10.6 Å². The maximum absolute atomic E-state index is 11.1. The Morgan fingerprint density at radius 3 is 3.18 bits per heavy atom. The van der Waals surface area contributed by atoms with E-state index in [4.69, 9.17) is 5.73 Å². The second-order valence-electron chi connectivity index (χ2n) is 3.30. The molecule has 2 heterocycles. The summed E-state index contributed by atoms with van der Waals surface area (Å²) in [5.41, 5.74) is 5.69. The van der Waals surface area contributed by atoms with Gasteiger partial charge in [0.25, 0.3) is 0 Å². The first-order valence-electron chi connectivity index (χ1n) is 4.06. The van der Waals surface area contributed by atoms with Crippen LogP contribution in [0.4, 0.5) is 0 Å². The lowest BCUT2D eigenvalue weighted by molar-refractivity contribution is -0.124. The summed E-state index contributed by atoms with van der Waals surface area (Å²) in [6.07, 6.45) is 1.14. The molecule has 0 bridgehead atoms. The highest BCUT2D eigenvalue weighted by atomic mass is 16.2. The van der Waals surface area contributed by atoms with Gasteiger partial charge in [0.05, 0.1) is 6.04 Å². The van der Waals surface area contributed by atoms with Crippen LogP contribution >= 0.6 is 0 Å². The molecule has 0 aromatic rings. The SMILES string of the molecule is NC1C(=O)NCC2CCNC21. The molecule has 3 unspecified atom stereocenters. The summed E-state index contributed by atoms with van der Waals surface area (Å²) >= 11 is 0. The summed E-state index contributed by atoms with van der Waals surface area (Å²) in [5, 5.41) is 6.05. The Kier molecular flexibility index (Phi) is 1.58. The largest absolute Gasteiger partial charge is 0.354 e. The molecule has 2 aliphatic rings. The summed E-state index contributed by atoms with van der Waals surface area (Å²) in [6, 6.07) is -0.111. The Balaban J connectivity index is 2.11. The third-order valence-electron chi connectivity index (χ3n) is 2.63. The molecular weight excluding hydrogens is 142 g/mol. The zero-order valence-corrected chi connectivity index (χ0v) is 6.34. The Hall–Kier alpha value is -0.610. The molecule has 0 aromatic carbocycles. The average Bonchev–Trinajstić information content (AvgIpc) is 2.45. The number of rotatable bonds is 0. The summed E-state index contributed by atoms with van der Waals surface area (Å²) in [5.74, 6) is 0.545. The van der Waals surface area contributed by atoms with E-state index >= 15 is 0 Å². The van der Waals surface area contributed by atoms with E-state index < -0.39 is 0 Å². The summed E-state index contributed by atoms with van der Waals surface area (Å²) in [4.78, 5) is 11.1. The quantitative estimate of drug-likeness (QED) is 0.395. The molecule has 0 saturated carbocycles. The number of nitrogens with two attached hydrogens (primary N) is 1. The molecule has 2 aliphatic heterocycles. The Morgan fingerprint density at radius 2 is 2.36 bits per heavy atom. The van der Waals surface area contributed by atoms with E-state index in [-0.39, 0.29) is 18.0 Å². The van der Waals surface area contributed by atoms with E-state index in [9.17, 15) is 4.79 Å². The lowest BCUT2D eigenvalue weighted by atomic mass is 9.91. The van der Waals surface area contributed by atoms with Crippen molar-refractivity contribution in [3.05, 3.63) is 0 Å². The summed E-state index contributed by atoms with van der Waals surface area (Å²) in [7, 11) is 0. The highest BCUT2D eigenvalue weighted by molar-refractivity contribution is 5.83. The van der Waals surface area contributed by atoms with Gasteiger partial charge in [-0.15, -0.1) is 0 Å². The van der Waals surface area contributed by atoms with Crippen LogP contribution in [0.3, 0.4) is 0 Å². The van der Waals surface area contributed by atoms with Crippen molar-refractivity contribution < 1.29 is 4.79 Å². The second kappa shape index (κ2) is 2.46. The van der Waals surface area contributed by atoms with E-state index in [2.05, 4.69) is 10.6 Å². The van der Waals surface area contributed by atoms with Crippen molar-refractivity contribution in [2.24, 2.45) is 11.7 Å². The Morgan fingerprint density at radius 1 is 1.55 bits per heavy atom. The fourth-order valence-electron chi connectivity index (χ4n) is 1.94. The molecule has 11 heavy (non-hydrogen) atoms. The minimum Gasteiger partial charge on any atom is -0.354 e. The molecule has 62 valence electrons. The fourth-order valence-corrected chi connectivity index (χ4v) is 1.94. The van der Waals surface area contributed by atoms with Crippen LogP contribution < -0.4 is 16.4 Å². The first-order valence-corrected chi connectivity index (χ1v) is 4.06. The molecule has 2 rings (SSSR count). The van der Waals surface area contributed by atoms with Gasteiger partial charge in [0.15, 0.2) is 0 Å². The minimum absolute atomic E-state index is 0.0133. The van der Waals surface area contributed by atoms with Crippen LogP contribution in [-0.4, -0.2) is 31.1 Å². The lowest BCUT2D eigenvalue weighted by Gasteiger charge is -2.30. The van der Waals surface area contributed by atoms with Crippen LogP contribution in [0.5, 0.6) is 0 Å². The number of hydrogen-bond acceptors (Lipinski definition) is 3. The van der Waals surface area contributed by atoms with E-state index in [0.717, 1.165) is 19.5 Å². The van der Waals surface area contributed by atoms with Gasteiger partial charge < -0.3 is 16.4 Å². The van der Waals surface area contributed by atoms with Gasteiger partial charge in [-0.25, -0.2) is 0 Å². The zero-order valence-electron chi connectivity index (χ0n) is 6.34. The Bertz CT molecular complexity index is 183. The van der Waals surface area contributed by atoms with Crippen molar-refractivity contribution in [3.8, 4) is 0 Å². The van der Waals surface area contributed by atoms with Gasteiger partial charge >= 0.3 is 0 Å². The van der Waals surface area contributed by atoms with E-state index in [1.165, 1.54) is 0 Å². The normalized spacial score (nSPS) is 43.4. The minimum atomic E-state index is -0.337. The first kappa shape index (κ1) is 7.06. The van der Waals surface area contributed by atoms with Crippen molar-refractivity contribution >= 4 is 5.91 Å². The Labute approximate surface area is 65.5 Å². The number of piperidine rings is 1. The molecular formula is C7H13N3O. The molecule has 0 aliphatic carbocycles. The maximum Gasteiger partial charge on any atom is 0.238 e. The number of amides is 1. The van der Waals surface area contributed by atoms with Crippen LogP contribution in [0, 0.1) is 5.92 Å². The molecule has 0 aromatic heterocycles. The predicted molar refractivity (Wildman–Crippen MR) is 40.9 cm³/mol. The smallest absolute Gasteiger partial charge is 0.238 e. The molecule has 0 radical (unpaired) electrons. The molecule has 2 fully saturated rings. The predicted octanol–water partition coefficient (Wildman–Crippen LogP) is -1.58. The van der Waals surface area contributed by atoms with Crippen LogP contribution in [0.15, 0.2) is 0 Å². The lowest BCUT2D eigenvalue weighted by Crippen LogP contribution is -2.60. The number of hydrogen-bond donors (Lipinski definition) is 3. The van der Waals surface area contributed by atoms with Gasteiger partial charge in [0, 0.05) is 12.6 Å². The third-order valence-corrected chi connectivity index (χ3v) is 2.63. The molecule has 1 amide bonds. The van der Waals surface area contributed by atoms with Gasteiger partial charge in [-0.1, -0.05) is 0 Å². The highest BCUT2D eigenvalue weighted by Crippen LogP contribution is 2.19. The number of carbonyl (C=O) groups excluding carboxylic acids is 1. The van der Waals surface area contributed by atoms with Crippen molar-refractivity contribution in [1.29, 1.82) is 0 Å². The van der Waals surface area contributed by atoms with E-state index in [1.54, 1.807) is 0 Å². The van der Waals surface area contributed by atoms with Gasteiger partial charge in [-0.05, 0) is 18.9 Å². The van der Waals surface area contributed by atoms with Crippen molar-refractivity contribution in [2.75, 3.05) is 13.1 Å². The topological polar surface area (TPSA) is 67.2 Å². The fraction of sp³-hybridized carbons (Fsp3) is 0.857. The van der Waals surface area contributed by atoms with Gasteiger partial charge in [0.2, 0.25) is 5.91 Å². The van der Waals surface area contributed by atoms with Crippen LogP contribution in [0.25, 0.3) is 0 Å². The monoisotopic (exact) mass is 155 g/mol. The van der Waals surface area contributed by atoms with Gasteiger partial charge in [0.1, 0.15) is 0 Å². The van der Waals surface area contributed by atoms with E-state index in [1.807, 2.05) is 0 Å². The van der Waals surface area contributed by atoms with Crippen LogP contribution in [0.1, 0.15) is 6.42 Å². The van der Waals surface area contributed by atoms with E-state index in [0.29, 0.717) is 5.92 Å². The number of carbonyl (C=O) groups is 1. The molecule has 4 heteroatoms. The molecule has 3 atom stereocenters. The zero-order chi connectivity index (χ0) is 7.84. The van der Waals surface area contributed by atoms with Crippen molar-refractivity contribution in [3.63, 3.8) is 0 Å². The maximum atomic E-state index is 11.1. The highest BCUT2D eigenvalue weighted by Gasteiger charge is 2.38.